The maximum Gasteiger partial charge on any atom is 0.246 e. The fourth-order valence-corrected chi connectivity index (χ4v) is 3.18. The number of hydrogen-bond acceptors (Lipinski definition) is 3. The lowest BCUT2D eigenvalue weighted by atomic mass is 10.2. The van der Waals surface area contributed by atoms with Gasteiger partial charge in [-0.15, -0.1) is 0 Å². The zero-order valence-electron chi connectivity index (χ0n) is 14.1. The standard InChI is InChI=1S/C18H18ClN5O/c1-11(2)7-17(25)23-5-6-24-13(10-23)9-16(22-24)18-20-14-4-3-12(19)8-15(14)21-18/h3-4,7-9H,5-6,10H2,1-2H3,(H,20,21). The van der Waals surface area contributed by atoms with Crippen LogP contribution < -0.4 is 0 Å². The number of allylic oxidation sites excluding steroid dienone is 1. The normalized spacial score (nSPS) is 13.8. The van der Waals surface area contributed by atoms with Crippen LogP contribution in [0.15, 0.2) is 35.9 Å². The number of halogens is 1. The Labute approximate surface area is 150 Å². The number of imidazole rings is 1. The Bertz CT molecular complexity index is 996. The van der Waals surface area contributed by atoms with E-state index in [-0.39, 0.29) is 5.91 Å². The molecule has 128 valence electrons. The quantitative estimate of drug-likeness (QED) is 0.716. The molecule has 0 atom stereocenters. The first-order valence-corrected chi connectivity index (χ1v) is 8.53. The van der Waals surface area contributed by atoms with Crippen LogP contribution in [-0.4, -0.2) is 37.1 Å². The van der Waals surface area contributed by atoms with Crippen LogP contribution in [0.2, 0.25) is 5.02 Å². The van der Waals surface area contributed by atoms with E-state index in [0.717, 1.165) is 28.0 Å². The maximum absolute atomic E-state index is 12.2. The Hall–Kier alpha value is -2.60. The summed E-state index contributed by atoms with van der Waals surface area (Å²) in [5.41, 5.74) is 4.53. The molecule has 2 aromatic heterocycles. The highest BCUT2D eigenvalue weighted by Gasteiger charge is 2.22. The van der Waals surface area contributed by atoms with E-state index in [1.54, 1.807) is 6.08 Å². The summed E-state index contributed by atoms with van der Waals surface area (Å²) in [6.07, 6.45) is 1.68. The second-order valence-electron chi connectivity index (χ2n) is 6.47. The van der Waals surface area contributed by atoms with Gasteiger partial charge in [0.1, 0.15) is 5.69 Å². The van der Waals surface area contributed by atoms with E-state index in [1.165, 1.54) is 0 Å². The number of amides is 1. The Balaban J connectivity index is 1.63. The molecule has 3 aromatic rings. The summed E-state index contributed by atoms with van der Waals surface area (Å²) >= 11 is 6.03. The first-order chi connectivity index (χ1) is 12.0. The van der Waals surface area contributed by atoms with Crippen molar-refractivity contribution in [1.82, 2.24) is 24.6 Å². The van der Waals surface area contributed by atoms with Gasteiger partial charge in [-0.3, -0.25) is 9.48 Å². The molecule has 1 aromatic carbocycles. The van der Waals surface area contributed by atoms with Crippen molar-refractivity contribution in [2.75, 3.05) is 6.54 Å². The molecule has 3 heterocycles. The van der Waals surface area contributed by atoms with E-state index in [1.807, 2.05) is 47.7 Å². The van der Waals surface area contributed by atoms with Gasteiger partial charge in [0.2, 0.25) is 5.91 Å². The highest BCUT2D eigenvalue weighted by molar-refractivity contribution is 6.31. The molecule has 0 unspecified atom stereocenters. The fourth-order valence-electron chi connectivity index (χ4n) is 3.01. The molecule has 0 spiro atoms. The van der Waals surface area contributed by atoms with Crippen LogP contribution in [-0.2, 0) is 17.9 Å². The highest BCUT2D eigenvalue weighted by Crippen LogP contribution is 2.24. The summed E-state index contributed by atoms with van der Waals surface area (Å²) in [5, 5.41) is 5.30. The largest absolute Gasteiger partial charge is 0.337 e. The molecule has 0 saturated carbocycles. The van der Waals surface area contributed by atoms with Gasteiger partial charge >= 0.3 is 0 Å². The second kappa shape index (κ2) is 6.04. The Morgan fingerprint density at radius 2 is 2.12 bits per heavy atom. The van der Waals surface area contributed by atoms with Crippen LogP contribution in [0.3, 0.4) is 0 Å². The van der Waals surface area contributed by atoms with Gasteiger partial charge in [-0.2, -0.15) is 5.10 Å². The highest BCUT2D eigenvalue weighted by atomic mass is 35.5. The molecule has 0 fully saturated rings. The van der Waals surface area contributed by atoms with Crippen molar-refractivity contribution in [3.8, 4) is 11.5 Å². The van der Waals surface area contributed by atoms with Crippen molar-refractivity contribution in [2.24, 2.45) is 0 Å². The van der Waals surface area contributed by atoms with Gasteiger partial charge < -0.3 is 9.88 Å². The predicted molar refractivity (Wildman–Crippen MR) is 97.2 cm³/mol. The number of hydrogen-bond donors (Lipinski definition) is 1. The zero-order chi connectivity index (χ0) is 17.6. The summed E-state index contributed by atoms with van der Waals surface area (Å²) in [5.74, 6) is 0.758. The molecule has 1 N–H and O–H groups in total. The molecule has 7 heteroatoms. The summed E-state index contributed by atoms with van der Waals surface area (Å²) in [4.78, 5) is 21.9. The van der Waals surface area contributed by atoms with Crippen LogP contribution in [0.5, 0.6) is 0 Å². The second-order valence-corrected chi connectivity index (χ2v) is 6.91. The molecule has 6 nitrogen and oxygen atoms in total. The van der Waals surface area contributed by atoms with Crippen molar-refractivity contribution in [3.63, 3.8) is 0 Å². The van der Waals surface area contributed by atoms with Crippen LogP contribution >= 0.6 is 11.6 Å². The molecule has 0 bridgehead atoms. The van der Waals surface area contributed by atoms with E-state index < -0.39 is 0 Å². The van der Waals surface area contributed by atoms with Gasteiger partial charge in [0.05, 0.1) is 29.8 Å². The van der Waals surface area contributed by atoms with E-state index in [4.69, 9.17) is 11.6 Å². The molecule has 1 aliphatic rings. The topological polar surface area (TPSA) is 66.8 Å². The molecule has 1 amide bonds. The number of carbonyl (C=O) groups excluding carboxylic acids is 1. The zero-order valence-corrected chi connectivity index (χ0v) is 14.8. The molecule has 0 aliphatic carbocycles. The molecule has 0 saturated heterocycles. The predicted octanol–water partition coefficient (Wildman–Crippen LogP) is 3.39. The Morgan fingerprint density at radius 1 is 1.28 bits per heavy atom. The third-order valence-corrected chi connectivity index (χ3v) is 4.44. The third kappa shape index (κ3) is 3.05. The number of carbonyl (C=O) groups is 1. The minimum absolute atomic E-state index is 0.0485. The maximum atomic E-state index is 12.2. The smallest absolute Gasteiger partial charge is 0.246 e. The average Bonchev–Trinajstić information content (AvgIpc) is 3.16. The lowest BCUT2D eigenvalue weighted by molar-refractivity contribution is -0.127. The summed E-state index contributed by atoms with van der Waals surface area (Å²) in [6.45, 7) is 5.76. The lowest BCUT2D eigenvalue weighted by Gasteiger charge is -2.26. The molecular formula is C18H18ClN5O. The van der Waals surface area contributed by atoms with E-state index >= 15 is 0 Å². The van der Waals surface area contributed by atoms with Gasteiger partial charge in [-0.1, -0.05) is 17.2 Å². The number of H-pyrrole nitrogens is 1. The number of benzene rings is 1. The average molecular weight is 356 g/mol. The summed E-state index contributed by atoms with van der Waals surface area (Å²) < 4.78 is 1.95. The van der Waals surface area contributed by atoms with Crippen LogP contribution in [0.1, 0.15) is 19.5 Å². The first kappa shape index (κ1) is 15.9. The van der Waals surface area contributed by atoms with Gasteiger partial charge in [-0.25, -0.2) is 4.98 Å². The van der Waals surface area contributed by atoms with Gasteiger partial charge in [-0.05, 0) is 38.1 Å². The molecule has 0 radical (unpaired) electrons. The van der Waals surface area contributed by atoms with E-state index in [9.17, 15) is 4.79 Å². The van der Waals surface area contributed by atoms with Gasteiger partial charge in [0.25, 0.3) is 0 Å². The fraction of sp³-hybridized carbons (Fsp3) is 0.278. The van der Waals surface area contributed by atoms with Gasteiger partial charge in [0, 0.05) is 17.6 Å². The summed E-state index contributed by atoms with van der Waals surface area (Å²) in [7, 11) is 0. The van der Waals surface area contributed by atoms with E-state index in [0.29, 0.717) is 30.5 Å². The number of rotatable bonds is 2. The lowest BCUT2D eigenvalue weighted by Crippen LogP contribution is -2.37. The third-order valence-electron chi connectivity index (χ3n) is 4.21. The van der Waals surface area contributed by atoms with Crippen molar-refractivity contribution in [1.29, 1.82) is 0 Å². The van der Waals surface area contributed by atoms with Crippen LogP contribution in [0.4, 0.5) is 0 Å². The van der Waals surface area contributed by atoms with E-state index in [2.05, 4.69) is 15.1 Å². The Morgan fingerprint density at radius 3 is 2.92 bits per heavy atom. The molecule has 25 heavy (non-hydrogen) atoms. The number of aromatic nitrogens is 4. The van der Waals surface area contributed by atoms with Crippen LogP contribution in [0.25, 0.3) is 22.6 Å². The summed E-state index contributed by atoms with van der Waals surface area (Å²) in [6, 6.07) is 7.54. The van der Waals surface area contributed by atoms with Crippen LogP contribution in [0, 0.1) is 0 Å². The van der Waals surface area contributed by atoms with Gasteiger partial charge in [0.15, 0.2) is 5.82 Å². The minimum atomic E-state index is 0.0485. The van der Waals surface area contributed by atoms with Crippen molar-refractivity contribution in [3.05, 3.63) is 46.6 Å². The van der Waals surface area contributed by atoms with Crippen molar-refractivity contribution < 1.29 is 4.79 Å². The number of nitrogens with zero attached hydrogens (tertiary/aromatic N) is 4. The molecular weight excluding hydrogens is 338 g/mol. The first-order valence-electron chi connectivity index (χ1n) is 8.16. The SMILES string of the molecule is CC(C)=CC(=O)N1CCn2nc(-c3nc4ccc(Cl)cc4[nH]3)cc2C1. The monoisotopic (exact) mass is 355 g/mol. The molecule has 1 aliphatic heterocycles. The number of aromatic amines is 1. The van der Waals surface area contributed by atoms with Crippen molar-refractivity contribution in [2.45, 2.75) is 26.9 Å². The number of nitrogens with one attached hydrogen (secondary N) is 1. The molecule has 4 rings (SSSR count). The Kier molecular flexibility index (Phi) is 3.84. The van der Waals surface area contributed by atoms with Crippen molar-refractivity contribution >= 4 is 28.5 Å². The number of fused-ring (bicyclic) bond motifs is 2. The minimum Gasteiger partial charge on any atom is -0.337 e.